The molecule has 2 N–H and O–H groups in total. The summed E-state index contributed by atoms with van der Waals surface area (Å²) < 4.78 is 0. The van der Waals surface area contributed by atoms with Gasteiger partial charge < -0.3 is 15.5 Å². The van der Waals surface area contributed by atoms with E-state index in [2.05, 4.69) is 22.8 Å². The second kappa shape index (κ2) is 9.09. The summed E-state index contributed by atoms with van der Waals surface area (Å²) in [5, 5.41) is 5.88. The van der Waals surface area contributed by atoms with Crippen LogP contribution in [0.3, 0.4) is 0 Å². The van der Waals surface area contributed by atoms with E-state index in [1.807, 2.05) is 70.2 Å². The van der Waals surface area contributed by atoms with Crippen molar-refractivity contribution in [3.05, 3.63) is 82.4 Å². The van der Waals surface area contributed by atoms with Gasteiger partial charge in [0, 0.05) is 16.3 Å². The van der Waals surface area contributed by atoms with E-state index in [4.69, 9.17) is 0 Å². The highest BCUT2D eigenvalue weighted by Gasteiger charge is 2.25. The maximum Gasteiger partial charge on any atom is 0.323 e. The molecule has 0 saturated carbocycles. The average molecular weight is 446 g/mol. The monoisotopic (exact) mass is 445 g/mol. The van der Waals surface area contributed by atoms with Gasteiger partial charge in [-0.05, 0) is 62.6 Å². The van der Waals surface area contributed by atoms with E-state index in [1.54, 1.807) is 4.90 Å². The third-order valence-electron chi connectivity index (χ3n) is 5.54. The number of benzene rings is 3. The number of anilines is 3. The molecule has 1 heterocycles. The molecular weight excluding hydrogens is 418 g/mol. The van der Waals surface area contributed by atoms with Crippen molar-refractivity contribution in [3.63, 3.8) is 0 Å². The summed E-state index contributed by atoms with van der Waals surface area (Å²) in [6.07, 6.45) is 0. The molecule has 0 saturated heterocycles. The Bertz CT molecular complexity index is 1170. The predicted octanol–water partition coefficient (Wildman–Crippen LogP) is 6.20. The van der Waals surface area contributed by atoms with E-state index < -0.39 is 0 Å². The molecular formula is C26H27N3O2S. The third-order valence-corrected chi connectivity index (χ3v) is 6.58. The molecule has 0 radical (unpaired) electrons. The lowest BCUT2D eigenvalue weighted by molar-refractivity contribution is -0.116. The summed E-state index contributed by atoms with van der Waals surface area (Å²) in [6, 6.07) is 17.7. The molecule has 3 aromatic rings. The van der Waals surface area contributed by atoms with Gasteiger partial charge in [-0.3, -0.25) is 4.79 Å². The molecule has 0 unspecified atom stereocenters. The summed E-state index contributed by atoms with van der Waals surface area (Å²) in [5.74, 6) is 0.480. The highest BCUT2D eigenvalue weighted by Crippen LogP contribution is 2.38. The SMILES string of the molecule is Cc1ccc(CN2C(=O)CSc3ccc(NC(=O)Nc4c(C)cc(C)cc4C)cc32)cc1. The lowest BCUT2D eigenvalue weighted by Crippen LogP contribution is -2.34. The first-order valence-corrected chi connectivity index (χ1v) is 11.6. The molecule has 5 nitrogen and oxygen atoms in total. The number of nitrogens with zero attached hydrogens (tertiary/aromatic N) is 1. The summed E-state index contributed by atoms with van der Waals surface area (Å²) in [4.78, 5) is 28.2. The maximum absolute atomic E-state index is 12.7. The van der Waals surface area contributed by atoms with Gasteiger partial charge >= 0.3 is 6.03 Å². The van der Waals surface area contributed by atoms with Gasteiger partial charge in [0.1, 0.15) is 0 Å². The first kappa shape index (κ1) is 22.0. The van der Waals surface area contributed by atoms with E-state index in [0.717, 1.165) is 38.5 Å². The molecule has 6 heteroatoms. The fourth-order valence-corrected chi connectivity index (χ4v) is 4.90. The van der Waals surface area contributed by atoms with Crippen LogP contribution in [0.4, 0.5) is 21.9 Å². The van der Waals surface area contributed by atoms with Crippen molar-refractivity contribution in [2.75, 3.05) is 21.3 Å². The number of urea groups is 1. The molecule has 32 heavy (non-hydrogen) atoms. The Morgan fingerprint density at radius 2 is 1.59 bits per heavy atom. The smallest absolute Gasteiger partial charge is 0.308 e. The van der Waals surface area contributed by atoms with Crippen LogP contribution in [-0.4, -0.2) is 17.7 Å². The average Bonchev–Trinajstić information content (AvgIpc) is 2.74. The second-order valence-corrected chi connectivity index (χ2v) is 9.31. The first-order chi connectivity index (χ1) is 15.3. The number of amides is 3. The highest BCUT2D eigenvalue weighted by atomic mass is 32.2. The molecule has 0 fully saturated rings. The first-order valence-electron chi connectivity index (χ1n) is 10.6. The van der Waals surface area contributed by atoms with E-state index in [0.29, 0.717) is 18.0 Å². The topological polar surface area (TPSA) is 61.4 Å². The predicted molar refractivity (Wildman–Crippen MR) is 133 cm³/mol. The van der Waals surface area contributed by atoms with Crippen molar-refractivity contribution in [2.24, 2.45) is 0 Å². The molecule has 3 amide bonds. The van der Waals surface area contributed by atoms with Crippen molar-refractivity contribution in [3.8, 4) is 0 Å². The van der Waals surface area contributed by atoms with Gasteiger partial charge in [-0.1, -0.05) is 47.5 Å². The Labute approximate surface area is 193 Å². The number of fused-ring (bicyclic) bond motifs is 1. The number of nitrogens with one attached hydrogen (secondary N) is 2. The minimum absolute atomic E-state index is 0.0654. The van der Waals surface area contributed by atoms with Crippen LogP contribution < -0.4 is 15.5 Å². The molecule has 1 aliphatic heterocycles. The Hall–Kier alpha value is -3.25. The normalized spacial score (nSPS) is 13.0. The lowest BCUT2D eigenvalue weighted by atomic mass is 10.1. The molecule has 0 spiro atoms. The number of carbonyl (C=O) groups excluding carboxylic acids is 2. The van der Waals surface area contributed by atoms with Gasteiger partial charge in [0.15, 0.2) is 0 Å². The van der Waals surface area contributed by atoms with E-state index in [1.165, 1.54) is 17.3 Å². The van der Waals surface area contributed by atoms with E-state index in [-0.39, 0.29) is 11.9 Å². The summed E-state index contributed by atoms with van der Waals surface area (Å²) in [6.45, 7) is 8.56. The molecule has 0 aliphatic carbocycles. The molecule has 0 atom stereocenters. The van der Waals surface area contributed by atoms with Crippen molar-refractivity contribution < 1.29 is 9.59 Å². The van der Waals surface area contributed by atoms with Gasteiger partial charge in [0.25, 0.3) is 0 Å². The Morgan fingerprint density at radius 1 is 0.906 bits per heavy atom. The van der Waals surface area contributed by atoms with Gasteiger partial charge in [-0.15, -0.1) is 11.8 Å². The molecule has 164 valence electrons. The second-order valence-electron chi connectivity index (χ2n) is 8.29. The third kappa shape index (κ3) is 4.81. The van der Waals surface area contributed by atoms with Gasteiger partial charge in [0.05, 0.1) is 18.0 Å². The summed E-state index contributed by atoms with van der Waals surface area (Å²) >= 11 is 1.53. The summed E-state index contributed by atoms with van der Waals surface area (Å²) in [7, 11) is 0. The van der Waals surface area contributed by atoms with Crippen LogP contribution in [0.5, 0.6) is 0 Å². The van der Waals surface area contributed by atoms with Gasteiger partial charge in [-0.25, -0.2) is 4.79 Å². The zero-order valence-corrected chi connectivity index (χ0v) is 19.6. The Kier molecular flexibility index (Phi) is 6.24. The van der Waals surface area contributed by atoms with Crippen LogP contribution in [0.2, 0.25) is 0 Å². The van der Waals surface area contributed by atoms with Crippen molar-refractivity contribution in [1.82, 2.24) is 0 Å². The molecule has 0 bridgehead atoms. The zero-order chi connectivity index (χ0) is 22.8. The Morgan fingerprint density at radius 3 is 2.28 bits per heavy atom. The number of hydrogen-bond donors (Lipinski definition) is 2. The fraction of sp³-hybridized carbons (Fsp3) is 0.231. The van der Waals surface area contributed by atoms with Crippen molar-refractivity contribution in [1.29, 1.82) is 0 Å². The quantitative estimate of drug-likeness (QED) is 0.502. The molecule has 3 aromatic carbocycles. The minimum atomic E-state index is -0.306. The summed E-state index contributed by atoms with van der Waals surface area (Å²) in [5.41, 5.74) is 7.76. The lowest BCUT2D eigenvalue weighted by Gasteiger charge is -2.29. The van der Waals surface area contributed by atoms with Gasteiger partial charge in [-0.2, -0.15) is 0 Å². The molecule has 0 aromatic heterocycles. The molecule has 1 aliphatic rings. The van der Waals surface area contributed by atoms with Crippen LogP contribution in [0.1, 0.15) is 27.8 Å². The van der Waals surface area contributed by atoms with Crippen molar-refractivity contribution in [2.45, 2.75) is 39.1 Å². The number of hydrogen-bond acceptors (Lipinski definition) is 3. The standard InChI is InChI=1S/C26H27N3O2S/c1-16-5-7-20(8-6-16)14-29-22-13-21(9-10-23(22)32-15-24(29)30)27-26(31)28-25-18(3)11-17(2)12-19(25)4/h5-13H,14-15H2,1-4H3,(H2,27,28,31). The van der Waals surface area contributed by atoms with E-state index in [9.17, 15) is 9.59 Å². The van der Waals surface area contributed by atoms with Crippen molar-refractivity contribution >= 4 is 40.8 Å². The number of aryl methyl sites for hydroxylation is 4. The van der Waals surface area contributed by atoms with E-state index >= 15 is 0 Å². The molecule has 4 rings (SSSR count). The number of thioether (sulfide) groups is 1. The van der Waals surface area contributed by atoms with Crippen LogP contribution in [-0.2, 0) is 11.3 Å². The van der Waals surface area contributed by atoms with Crippen LogP contribution >= 0.6 is 11.8 Å². The fourth-order valence-electron chi connectivity index (χ4n) is 3.98. The minimum Gasteiger partial charge on any atom is -0.308 e. The number of carbonyl (C=O) groups is 2. The van der Waals surface area contributed by atoms with Crippen LogP contribution in [0.25, 0.3) is 0 Å². The zero-order valence-electron chi connectivity index (χ0n) is 18.8. The maximum atomic E-state index is 12.7. The van der Waals surface area contributed by atoms with Gasteiger partial charge in [0.2, 0.25) is 5.91 Å². The highest BCUT2D eigenvalue weighted by molar-refractivity contribution is 8.00. The van der Waals surface area contributed by atoms with Crippen LogP contribution in [0, 0.1) is 27.7 Å². The number of rotatable bonds is 4. The Balaban J connectivity index is 1.54. The largest absolute Gasteiger partial charge is 0.323 e. The van der Waals surface area contributed by atoms with Crippen LogP contribution in [0.15, 0.2) is 59.5 Å².